The zero-order chi connectivity index (χ0) is 11.1. The third kappa shape index (κ3) is 1.43. The molecule has 1 aromatic rings. The van der Waals surface area contributed by atoms with Gasteiger partial charge in [0.25, 0.3) is 0 Å². The van der Waals surface area contributed by atoms with Gasteiger partial charge >= 0.3 is 0 Å². The molecule has 0 saturated heterocycles. The lowest BCUT2D eigenvalue weighted by Crippen LogP contribution is -2.35. The number of rotatable bonds is 3. The van der Waals surface area contributed by atoms with E-state index < -0.39 is 0 Å². The molecule has 3 unspecified atom stereocenters. The van der Waals surface area contributed by atoms with E-state index in [0.29, 0.717) is 24.4 Å². The van der Waals surface area contributed by atoms with Crippen LogP contribution in [0.4, 0.5) is 0 Å². The first kappa shape index (κ1) is 9.85. The summed E-state index contributed by atoms with van der Waals surface area (Å²) in [5.41, 5.74) is 2.92. The molecule has 0 aliphatic heterocycles. The van der Waals surface area contributed by atoms with Gasteiger partial charge in [-0.15, -0.1) is 0 Å². The summed E-state index contributed by atoms with van der Waals surface area (Å²) in [4.78, 5) is 11.5. The van der Waals surface area contributed by atoms with Gasteiger partial charge in [-0.3, -0.25) is 4.79 Å². The quantitative estimate of drug-likeness (QED) is 0.779. The number of carbonyl (C=O) groups excluding carboxylic acids is 1. The average Bonchev–Trinajstić information content (AvgIpc) is 2.80. The molecule has 2 aliphatic rings. The Kier molecular flexibility index (Phi) is 2.21. The van der Waals surface area contributed by atoms with E-state index in [1.165, 1.54) is 11.1 Å². The zero-order valence-corrected chi connectivity index (χ0v) is 9.36. The van der Waals surface area contributed by atoms with Gasteiger partial charge < -0.3 is 10.6 Å². The summed E-state index contributed by atoms with van der Waals surface area (Å²) in [6.45, 7) is 0.414. The number of likely N-dealkylation sites (N-methyl/N-ethyl adjacent to an activating group) is 1. The minimum absolute atomic E-state index is 0.111. The molecule has 3 atom stereocenters. The number of carbonyl (C=O) groups is 1. The van der Waals surface area contributed by atoms with Gasteiger partial charge in [-0.2, -0.15) is 0 Å². The van der Waals surface area contributed by atoms with Crippen LogP contribution >= 0.6 is 0 Å². The van der Waals surface area contributed by atoms with E-state index in [0.717, 1.165) is 6.42 Å². The maximum absolute atomic E-state index is 11.5. The van der Waals surface area contributed by atoms with Gasteiger partial charge in [0.15, 0.2) is 0 Å². The second-order valence-corrected chi connectivity index (χ2v) is 4.72. The van der Waals surface area contributed by atoms with Crippen molar-refractivity contribution in [1.82, 2.24) is 10.6 Å². The Morgan fingerprint density at radius 2 is 2.25 bits per heavy atom. The Morgan fingerprint density at radius 1 is 1.44 bits per heavy atom. The first-order valence-corrected chi connectivity index (χ1v) is 5.83. The number of hydrogen-bond donors (Lipinski definition) is 2. The van der Waals surface area contributed by atoms with Gasteiger partial charge in [0, 0.05) is 12.0 Å². The maximum Gasteiger partial charge on any atom is 0.234 e. The van der Waals surface area contributed by atoms with E-state index in [-0.39, 0.29) is 5.91 Å². The van der Waals surface area contributed by atoms with E-state index >= 15 is 0 Å². The van der Waals surface area contributed by atoms with Crippen molar-refractivity contribution in [1.29, 1.82) is 0 Å². The molecule has 3 rings (SSSR count). The summed E-state index contributed by atoms with van der Waals surface area (Å²) in [5, 5.41) is 5.97. The zero-order valence-electron chi connectivity index (χ0n) is 9.36. The molecule has 1 fully saturated rings. The molecular weight excluding hydrogens is 200 g/mol. The lowest BCUT2D eigenvalue weighted by atomic mass is 10.1. The van der Waals surface area contributed by atoms with Crippen molar-refractivity contribution in [2.45, 2.75) is 18.4 Å². The molecule has 3 heteroatoms. The lowest BCUT2D eigenvalue weighted by molar-refractivity contribution is -0.120. The van der Waals surface area contributed by atoms with Crippen LogP contribution in [0, 0.1) is 5.92 Å². The summed E-state index contributed by atoms with van der Waals surface area (Å²) in [7, 11) is 1.79. The molecule has 3 nitrogen and oxygen atoms in total. The SMILES string of the molecule is CNCC(=O)NC1C2Cc3ccccc3C21. The number of nitrogens with one attached hydrogen (secondary N) is 2. The summed E-state index contributed by atoms with van der Waals surface area (Å²) < 4.78 is 0. The Bertz CT molecular complexity index is 430. The minimum atomic E-state index is 0.111. The molecule has 1 amide bonds. The second kappa shape index (κ2) is 3.59. The molecule has 16 heavy (non-hydrogen) atoms. The van der Waals surface area contributed by atoms with Crippen LogP contribution in [0.2, 0.25) is 0 Å². The molecular formula is C13H16N2O. The first-order valence-electron chi connectivity index (χ1n) is 5.83. The van der Waals surface area contributed by atoms with Crippen LogP contribution in [-0.4, -0.2) is 25.5 Å². The van der Waals surface area contributed by atoms with Crippen LogP contribution in [0.1, 0.15) is 17.0 Å². The fourth-order valence-electron chi connectivity index (χ4n) is 2.95. The monoisotopic (exact) mass is 216 g/mol. The van der Waals surface area contributed by atoms with Crippen LogP contribution in [0.25, 0.3) is 0 Å². The van der Waals surface area contributed by atoms with Gasteiger partial charge in [-0.25, -0.2) is 0 Å². The summed E-state index contributed by atoms with van der Waals surface area (Å²) >= 11 is 0. The number of amides is 1. The fraction of sp³-hybridized carbons (Fsp3) is 0.462. The van der Waals surface area contributed by atoms with Crippen LogP contribution in [0.5, 0.6) is 0 Å². The highest BCUT2D eigenvalue weighted by Gasteiger charge is 2.56. The molecule has 2 N–H and O–H groups in total. The molecule has 0 radical (unpaired) electrons. The first-order chi connectivity index (χ1) is 7.81. The van der Waals surface area contributed by atoms with Crippen molar-refractivity contribution in [2.75, 3.05) is 13.6 Å². The van der Waals surface area contributed by atoms with Gasteiger partial charge in [0.2, 0.25) is 5.91 Å². The van der Waals surface area contributed by atoms with Crippen LogP contribution in [-0.2, 0) is 11.2 Å². The van der Waals surface area contributed by atoms with Crippen LogP contribution in [0.15, 0.2) is 24.3 Å². The smallest absolute Gasteiger partial charge is 0.234 e. The largest absolute Gasteiger partial charge is 0.351 e. The number of hydrogen-bond acceptors (Lipinski definition) is 2. The number of benzene rings is 1. The molecule has 1 saturated carbocycles. The molecule has 0 bridgehead atoms. The van der Waals surface area contributed by atoms with Gasteiger partial charge in [0.05, 0.1) is 6.54 Å². The summed E-state index contributed by atoms with van der Waals surface area (Å²) in [6.07, 6.45) is 1.13. The Labute approximate surface area is 95.2 Å². The lowest BCUT2D eigenvalue weighted by Gasteiger charge is -2.09. The molecule has 0 spiro atoms. The molecule has 1 aromatic carbocycles. The summed E-state index contributed by atoms with van der Waals surface area (Å²) in [5.74, 6) is 1.34. The predicted octanol–water partition coefficient (Wildman–Crippen LogP) is 0.660. The fourth-order valence-corrected chi connectivity index (χ4v) is 2.95. The predicted molar refractivity (Wildman–Crippen MR) is 62.2 cm³/mol. The topological polar surface area (TPSA) is 41.1 Å². The van der Waals surface area contributed by atoms with E-state index in [1.807, 2.05) is 0 Å². The normalized spacial score (nSPS) is 29.4. The minimum Gasteiger partial charge on any atom is -0.351 e. The molecule has 0 aromatic heterocycles. The third-order valence-electron chi connectivity index (χ3n) is 3.70. The van der Waals surface area contributed by atoms with Gasteiger partial charge in [0.1, 0.15) is 0 Å². The molecule has 2 aliphatic carbocycles. The van der Waals surface area contributed by atoms with Crippen LogP contribution < -0.4 is 10.6 Å². The highest BCUT2D eigenvalue weighted by atomic mass is 16.2. The van der Waals surface area contributed by atoms with E-state index in [4.69, 9.17) is 0 Å². The summed E-state index contributed by atoms with van der Waals surface area (Å²) in [6, 6.07) is 8.97. The van der Waals surface area contributed by atoms with Crippen molar-refractivity contribution >= 4 is 5.91 Å². The Morgan fingerprint density at radius 3 is 3.06 bits per heavy atom. The Balaban J connectivity index is 1.68. The maximum atomic E-state index is 11.5. The molecule has 84 valence electrons. The van der Waals surface area contributed by atoms with E-state index in [2.05, 4.69) is 34.9 Å². The van der Waals surface area contributed by atoms with Gasteiger partial charge in [-0.05, 0) is 30.5 Å². The van der Waals surface area contributed by atoms with Crippen LogP contribution in [0.3, 0.4) is 0 Å². The highest BCUT2D eigenvalue weighted by Crippen LogP contribution is 2.56. The van der Waals surface area contributed by atoms with E-state index in [9.17, 15) is 4.79 Å². The van der Waals surface area contributed by atoms with Crippen molar-refractivity contribution in [3.05, 3.63) is 35.4 Å². The van der Waals surface area contributed by atoms with E-state index in [1.54, 1.807) is 7.05 Å². The number of fused-ring (bicyclic) bond motifs is 3. The standard InChI is InChI=1S/C13H16N2O/c1-14-7-11(16)15-13-10-6-8-4-2-3-5-9(8)12(10)13/h2-5,10,12-14H,6-7H2,1H3,(H,15,16). The average molecular weight is 216 g/mol. The molecule has 0 heterocycles. The van der Waals surface area contributed by atoms with Gasteiger partial charge in [-0.1, -0.05) is 24.3 Å². The van der Waals surface area contributed by atoms with Crippen molar-refractivity contribution in [3.63, 3.8) is 0 Å². The Hall–Kier alpha value is -1.35. The second-order valence-electron chi connectivity index (χ2n) is 4.72. The van der Waals surface area contributed by atoms with Crippen molar-refractivity contribution in [2.24, 2.45) is 5.92 Å². The highest BCUT2D eigenvalue weighted by molar-refractivity contribution is 5.79. The van der Waals surface area contributed by atoms with Crippen molar-refractivity contribution in [3.8, 4) is 0 Å². The van der Waals surface area contributed by atoms with Crippen molar-refractivity contribution < 1.29 is 4.79 Å². The third-order valence-corrected chi connectivity index (χ3v) is 3.70.